The van der Waals surface area contributed by atoms with Crippen molar-refractivity contribution in [2.75, 3.05) is 106 Å². The molecule has 426 valence electrons. The van der Waals surface area contributed by atoms with E-state index in [0.29, 0.717) is 67.2 Å². The maximum absolute atomic E-state index is 14.0. The summed E-state index contributed by atoms with van der Waals surface area (Å²) in [6, 6.07) is 5.77. The van der Waals surface area contributed by atoms with Crippen LogP contribution in [-0.2, 0) is 60.7 Å². The second-order valence-corrected chi connectivity index (χ2v) is 19.9. The Kier molecular flexibility index (Phi) is 20.7. The van der Waals surface area contributed by atoms with Crippen molar-refractivity contribution < 1.29 is 56.6 Å². The van der Waals surface area contributed by atoms with Crippen LogP contribution in [0.25, 0.3) is 0 Å². The zero-order chi connectivity index (χ0) is 56.8. The Morgan fingerprint density at radius 3 is 1.67 bits per heavy atom. The average molecular weight is 1100 g/mol. The van der Waals surface area contributed by atoms with Gasteiger partial charge in [-0.2, -0.15) is 20.5 Å². The van der Waals surface area contributed by atoms with E-state index in [1.807, 2.05) is 88.2 Å². The summed E-state index contributed by atoms with van der Waals surface area (Å²) >= 11 is 0. The number of amides is 8. The van der Waals surface area contributed by atoms with Crippen molar-refractivity contribution in [3.63, 3.8) is 0 Å². The van der Waals surface area contributed by atoms with Crippen molar-refractivity contribution in [2.45, 2.75) is 89.6 Å². The summed E-state index contributed by atoms with van der Waals surface area (Å²) in [4.78, 5) is 111. The number of hydrogen-bond donors (Lipinski definition) is 7. The van der Waals surface area contributed by atoms with Crippen LogP contribution < -0.4 is 51.9 Å². The van der Waals surface area contributed by atoms with Crippen LogP contribution in [0.5, 0.6) is 0 Å². The zero-order valence-corrected chi connectivity index (χ0v) is 45.0. The lowest BCUT2D eigenvalue weighted by Gasteiger charge is -2.29. The molecule has 8 amide bonds. The van der Waals surface area contributed by atoms with Crippen LogP contribution >= 0.6 is 0 Å². The average Bonchev–Trinajstić information content (AvgIpc) is 4.45. The van der Waals surface area contributed by atoms with Crippen LogP contribution in [0.2, 0.25) is 0 Å². The molecule has 0 saturated heterocycles. The predicted octanol–water partition coefficient (Wildman–Crippen LogP) is 1.70. The molecule has 26 heteroatoms. The first kappa shape index (κ1) is 58.9. The van der Waals surface area contributed by atoms with Gasteiger partial charge in [-0.1, -0.05) is 64.8 Å². The van der Waals surface area contributed by atoms with E-state index in [1.165, 1.54) is 9.80 Å². The lowest BCUT2D eigenvalue weighted by molar-refractivity contribution is -0.134. The molecule has 0 saturated carbocycles. The molecule has 2 aromatic carbocycles. The van der Waals surface area contributed by atoms with E-state index >= 15 is 0 Å². The second-order valence-electron chi connectivity index (χ2n) is 19.9. The number of alkyl halides is 2. The summed E-state index contributed by atoms with van der Waals surface area (Å²) in [7, 11) is 1.83. The van der Waals surface area contributed by atoms with Crippen LogP contribution in [0, 0.1) is 11.8 Å². The number of para-hydroxylation sites is 2. The highest BCUT2D eigenvalue weighted by Crippen LogP contribution is 2.43. The number of benzene rings is 2. The van der Waals surface area contributed by atoms with Gasteiger partial charge in [0.25, 0.3) is 11.8 Å². The molecule has 24 nitrogen and oxygen atoms in total. The van der Waals surface area contributed by atoms with Gasteiger partial charge in [0, 0.05) is 33.0 Å². The molecule has 6 heterocycles. The molecular formula is C53H70F2N14O10. The van der Waals surface area contributed by atoms with E-state index < -0.39 is 85.0 Å². The zero-order valence-electron chi connectivity index (χ0n) is 45.0. The number of ether oxygens (including phenoxy) is 2. The van der Waals surface area contributed by atoms with Crippen LogP contribution in [-0.4, -0.2) is 170 Å². The summed E-state index contributed by atoms with van der Waals surface area (Å²) in [6.45, 7) is 6.38. The number of rotatable bonds is 24. The minimum absolute atomic E-state index is 0.0971. The largest absolute Gasteiger partial charge is 0.381 e. The first-order chi connectivity index (χ1) is 38.1. The molecule has 6 aliphatic heterocycles. The van der Waals surface area contributed by atoms with Crippen molar-refractivity contribution in [2.24, 2.45) is 32.3 Å². The number of carbonyl (C=O) groups is 8. The van der Waals surface area contributed by atoms with Crippen molar-refractivity contribution >= 4 is 70.0 Å². The van der Waals surface area contributed by atoms with Gasteiger partial charge in [0.15, 0.2) is 0 Å². The third-order valence-electron chi connectivity index (χ3n) is 14.5. The fourth-order valence-corrected chi connectivity index (χ4v) is 9.91. The Morgan fingerprint density at radius 1 is 0.696 bits per heavy atom. The first-order valence-corrected chi connectivity index (χ1v) is 26.6. The summed E-state index contributed by atoms with van der Waals surface area (Å²) < 4.78 is 34.5. The van der Waals surface area contributed by atoms with Gasteiger partial charge in [-0.25, -0.2) is 8.78 Å². The number of nitrogens with one attached hydrogen (secondary N) is 7. The lowest BCUT2D eigenvalue weighted by atomic mass is 9.97. The second kappa shape index (κ2) is 27.7. The van der Waals surface area contributed by atoms with Gasteiger partial charge < -0.3 is 51.6 Å². The number of halogens is 2. The fraction of sp³-hybridized carbons (Fsp3) is 0.547. The van der Waals surface area contributed by atoms with Gasteiger partial charge in [0.2, 0.25) is 35.4 Å². The van der Waals surface area contributed by atoms with Crippen molar-refractivity contribution in [3.05, 3.63) is 71.1 Å². The molecule has 6 aliphatic rings. The minimum atomic E-state index is -0.997. The highest BCUT2D eigenvalue weighted by molar-refractivity contribution is 6.12. The standard InChI is InChI=1S/C27H36FN7O5.C26H34FN7O5/c1-4-16(2)23(32-22(36)15-40-11-9-28)26(38)31-19-14-34(3)20-7-5-6-17-12-21(35(24(17)20)27(19)39)25(37)29-13-18-8-10-30-33-18;1-3-15(2)22(32-21(35)14-39-10-8-27)25(37)31-19-13-28-18-6-4-5-16-11-20(34(23(16)18)26(19)38)24(36)29-12-17-7-9-30-33-17/h5-8,16,19,21,23H,4,9-15H2,1-3H3,(H,29,37)(H,31,38)(H,32,36);4-7,15,19-20,22,28H,3,8-14H2,1-2H3,(H,29,36)(H,31,37)(H,32,35)/t16-,19-,21-,23-;15-,19-,20-,22-/m00/s1. The molecule has 0 spiro atoms. The van der Waals surface area contributed by atoms with Crippen LogP contribution in [0.1, 0.15) is 51.7 Å². The first-order valence-electron chi connectivity index (χ1n) is 26.6. The third kappa shape index (κ3) is 14.3. The maximum atomic E-state index is 14.0. The predicted molar refractivity (Wildman–Crippen MR) is 286 cm³/mol. The highest BCUT2D eigenvalue weighted by Gasteiger charge is 2.47. The van der Waals surface area contributed by atoms with Crippen LogP contribution in [0.15, 0.2) is 80.4 Å². The normalized spacial score (nSPS) is 20.9. The van der Waals surface area contributed by atoms with Crippen LogP contribution in [0.4, 0.5) is 31.5 Å². The molecule has 2 aromatic rings. The van der Waals surface area contributed by atoms with Gasteiger partial charge >= 0.3 is 0 Å². The molecule has 7 N–H and O–H groups in total. The summed E-state index contributed by atoms with van der Waals surface area (Å²) in [5.74, 6) is -4.17. The van der Waals surface area contributed by atoms with Crippen molar-refractivity contribution in [3.8, 4) is 0 Å². The molecule has 8 atom stereocenters. The monoisotopic (exact) mass is 1100 g/mol. The SMILES string of the molecule is CC[C@H](C)[C@H](NC(=O)COCCF)C(=O)N[C@H]1CN(C)c2cccc3c2N(C1=O)[C@H](C(=O)NCC1=CCN=N1)C3.CC[C@H](C)[C@H](NC(=O)COCCF)C(=O)N[C@H]1CNc2cccc3c2N(C1=O)[C@H](C(=O)NCC1=CCN=N1)C3. The molecule has 0 unspecified atom stereocenters. The topological polar surface area (TPSA) is 298 Å². The molecule has 0 aliphatic carbocycles. The summed E-state index contributed by atoms with van der Waals surface area (Å²) in [5.41, 5.74) is 5.77. The molecule has 8 rings (SSSR count). The van der Waals surface area contributed by atoms with E-state index in [-0.39, 0.29) is 76.3 Å². The number of hydrogen-bond acceptors (Lipinski definition) is 16. The number of azo groups is 2. The van der Waals surface area contributed by atoms with E-state index in [4.69, 9.17) is 9.47 Å². The smallest absolute Gasteiger partial charge is 0.252 e. The van der Waals surface area contributed by atoms with Gasteiger partial charge in [-0.05, 0) is 47.2 Å². The number of carbonyl (C=O) groups excluding carboxylic acids is 8. The molecule has 0 aromatic heterocycles. The van der Waals surface area contributed by atoms with Crippen molar-refractivity contribution in [1.82, 2.24) is 31.9 Å². The van der Waals surface area contributed by atoms with Crippen molar-refractivity contribution in [1.29, 1.82) is 0 Å². The highest BCUT2D eigenvalue weighted by atomic mass is 19.1. The fourth-order valence-electron chi connectivity index (χ4n) is 9.91. The van der Waals surface area contributed by atoms with Gasteiger partial charge in [-0.3, -0.25) is 48.2 Å². The minimum Gasteiger partial charge on any atom is -0.381 e. The van der Waals surface area contributed by atoms with E-state index in [1.54, 1.807) is 0 Å². The Labute approximate surface area is 456 Å². The number of likely N-dealkylation sites (N-methyl/N-ethyl adjacent to an activating group) is 1. The van der Waals surface area contributed by atoms with E-state index in [2.05, 4.69) is 57.7 Å². The van der Waals surface area contributed by atoms with Gasteiger partial charge in [0.1, 0.15) is 62.8 Å². The maximum Gasteiger partial charge on any atom is 0.252 e. The molecule has 79 heavy (non-hydrogen) atoms. The van der Waals surface area contributed by atoms with Gasteiger partial charge in [-0.15, -0.1) is 0 Å². The number of nitrogens with zero attached hydrogens (tertiary/aromatic N) is 7. The van der Waals surface area contributed by atoms with Crippen LogP contribution in [0.3, 0.4) is 0 Å². The Morgan fingerprint density at radius 2 is 1.18 bits per heavy atom. The van der Waals surface area contributed by atoms with E-state index in [9.17, 15) is 47.1 Å². The molecule has 0 radical (unpaired) electrons. The lowest BCUT2D eigenvalue weighted by Crippen LogP contribution is -2.60. The third-order valence-corrected chi connectivity index (χ3v) is 14.5. The van der Waals surface area contributed by atoms with E-state index in [0.717, 1.165) is 16.8 Å². The Bertz CT molecular complexity index is 2740. The Balaban J connectivity index is 0.000000229. The molecule has 0 fully saturated rings. The summed E-state index contributed by atoms with van der Waals surface area (Å²) in [5, 5.41) is 35.6. The van der Waals surface area contributed by atoms with Gasteiger partial charge in [0.05, 0.1) is 73.5 Å². The molecular weight excluding hydrogens is 1030 g/mol. The quantitative estimate of drug-likeness (QED) is 0.0740. The molecule has 0 bridgehead atoms. The number of anilines is 4. The Hall–Kier alpha value is -7.74. The summed E-state index contributed by atoms with van der Waals surface area (Å²) in [6.07, 6.45) is 5.46.